The van der Waals surface area contributed by atoms with Crippen LogP contribution in [0.25, 0.3) is 10.8 Å². The quantitative estimate of drug-likeness (QED) is 0.908. The summed E-state index contributed by atoms with van der Waals surface area (Å²) in [4.78, 5) is 0. The highest BCUT2D eigenvalue weighted by atomic mass is 35.5. The lowest BCUT2D eigenvalue weighted by Gasteiger charge is -2.08. The molecule has 0 radical (unpaired) electrons. The van der Waals surface area contributed by atoms with Crippen LogP contribution in [0.1, 0.15) is 26.2 Å². The molecule has 1 aromatic heterocycles. The first-order valence-electron chi connectivity index (χ1n) is 6.47. The van der Waals surface area contributed by atoms with E-state index in [2.05, 4.69) is 22.4 Å². The van der Waals surface area contributed by atoms with Gasteiger partial charge in [-0.05, 0) is 18.8 Å². The van der Waals surface area contributed by atoms with Crippen LogP contribution >= 0.6 is 11.6 Å². The second kappa shape index (κ2) is 4.73. The van der Waals surface area contributed by atoms with Crippen molar-refractivity contribution in [1.29, 1.82) is 0 Å². The summed E-state index contributed by atoms with van der Waals surface area (Å²) in [6.45, 7) is 2.23. The van der Waals surface area contributed by atoms with Crippen molar-refractivity contribution in [2.75, 3.05) is 5.32 Å². The van der Waals surface area contributed by atoms with E-state index < -0.39 is 0 Å². The Labute approximate surface area is 112 Å². The Hall–Kier alpha value is -1.35. The Morgan fingerprint density at radius 2 is 2.06 bits per heavy atom. The largest absolute Gasteiger partial charge is 0.365 e. The van der Waals surface area contributed by atoms with Crippen molar-refractivity contribution in [3.05, 3.63) is 29.4 Å². The van der Waals surface area contributed by atoms with Gasteiger partial charge in [-0.3, -0.25) is 0 Å². The summed E-state index contributed by atoms with van der Waals surface area (Å²) in [6, 6.07) is 8.55. The fourth-order valence-electron chi connectivity index (χ4n) is 2.47. The SMILES string of the molecule is CCCC1CC1Nc1nnc(Cl)c2ccccc12. The first kappa shape index (κ1) is 11.7. The third kappa shape index (κ3) is 2.15. The molecule has 0 spiro atoms. The maximum absolute atomic E-state index is 6.06. The summed E-state index contributed by atoms with van der Waals surface area (Å²) in [5.74, 6) is 1.66. The molecule has 1 aliphatic carbocycles. The van der Waals surface area contributed by atoms with E-state index in [4.69, 9.17) is 11.6 Å². The zero-order chi connectivity index (χ0) is 12.5. The van der Waals surface area contributed by atoms with E-state index in [0.717, 1.165) is 22.5 Å². The van der Waals surface area contributed by atoms with Crippen LogP contribution in [-0.2, 0) is 0 Å². The molecule has 3 nitrogen and oxygen atoms in total. The van der Waals surface area contributed by atoms with Gasteiger partial charge in [-0.25, -0.2) is 0 Å². The highest BCUT2D eigenvalue weighted by Crippen LogP contribution is 2.38. The van der Waals surface area contributed by atoms with E-state index in [9.17, 15) is 0 Å². The summed E-state index contributed by atoms with van der Waals surface area (Å²) < 4.78 is 0. The Kier molecular flexibility index (Phi) is 3.08. The van der Waals surface area contributed by atoms with Crippen LogP contribution < -0.4 is 5.32 Å². The van der Waals surface area contributed by atoms with Gasteiger partial charge in [-0.2, -0.15) is 0 Å². The number of aromatic nitrogens is 2. The molecule has 0 saturated heterocycles. The van der Waals surface area contributed by atoms with Gasteiger partial charge in [0.1, 0.15) is 0 Å². The average molecular weight is 262 g/mol. The van der Waals surface area contributed by atoms with E-state index in [1.807, 2.05) is 24.3 Å². The van der Waals surface area contributed by atoms with Crippen molar-refractivity contribution in [1.82, 2.24) is 10.2 Å². The number of halogens is 1. The maximum Gasteiger partial charge on any atom is 0.159 e. The normalized spacial score (nSPS) is 22.1. The summed E-state index contributed by atoms with van der Waals surface area (Å²) >= 11 is 6.06. The lowest BCUT2D eigenvalue weighted by atomic mass is 10.2. The highest BCUT2D eigenvalue weighted by Gasteiger charge is 2.36. The number of anilines is 1. The van der Waals surface area contributed by atoms with Crippen LogP contribution in [0.3, 0.4) is 0 Å². The van der Waals surface area contributed by atoms with E-state index in [-0.39, 0.29) is 0 Å². The van der Waals surface area contributed by atoms with Gasteiger partial charge in [0, 0.05) is 16.8 Å². The molecule has 3 rings (SSSR count). The first-order chi connectivity index (χ1) is 8.79. The number of nitrogens with one attached hydrogen (secondary N) is 1. The molecular weight excluding hydrogens is 246 g/mol. The van der Waals surface area contributed by atoms with E-state index in [1.165, 1.54) is 19.3 Å². The van der Waals surface area contributed by atoms with Crippen LogP contribution in [0.15, 0.2) is 24.3 Å². The Morgan fingerprint density at radius 3 is 2.83 bits per heavy atom. The fraction of sp³-hybridized carbons (Fsp3) is 0.429. The molecule has 2 atom stereocenters. The molecular formula is C14H16ClN3. The van der Waals surface area contributed by atoms with Crippen molar-refractivity contribution in [3.8, 4) is 0 Å². The first-order valence-corrected chi connectivity index (χ1v) is 6.85. The molecule has 1 heterocycles. The maximum atomic E-state index is 6.06. The van der Waals surface area contributed by atoms with Crippen molar-refractivity contribution in [2.24, 2.45) is 5.92 Å². The van der Waals surface area contributed by atoms with Gasteiger partial charge in [0.15, 0.2) is 11.0 Å². The third-order valence-corrected chi connectivity index (χ3v) is 3.83. The summed E-state index contributed by atoms with van der Waals surface area (Å²) in [5.41, 5.74) is 0. The predicted octanol–water partition coefficient (Wildman–Crippen LogP) is 3.88. The molecule has 1 saturated carbocycles. The van der Waals surface area contributed by atoms with Crippen molar-refractivity contribution in [2.45, 2.75) is 32.2 Å². The van der Waals surface area contributed by atoms with Gasteiger partial charge in [0.05, 0.1) is 0 Å². The van der Waals surface area contributed by atoms with Crippen LogP contribution in [0, 0.1) is 5.92 Å². The second-order valence-electron chi connectivity index (χ2n) is 4.92. The van der Waals surface area contributed by atoms with Gasteiger partial charge in [0.25, 0.3) is 0 Å². The molecule has 4 heteroatoms. The van der Waals surface area contributed by atoms with Gasteiger partial charge in [-0.1, -0.05) is 49.2 Å². The minimum absolute atomic E-state index is 0.469. The zero-order valence-electron chi connectivity index (χ0n) is 10.4. The molecule has 2 aromatic rings. The van der Waals surface area contributed by atoms with Crippen LogP contribution in [0.2, 0.25) is 5.15 Å². The summed E-state index contributed by atoms with van der Waals surface area (Å²) in [5, 5.41) is 14.2. The van der Waals surface area contributed by atoms with E-state index >= 15 is 0 Å². The lowest BCUT2D eigenvalue weighted by molar-refractivity contribution is 0.692. The van der Waals surface area contributed by atoms with Crippen molar-refractivity contribution >= 4 is 28.2 Å². The van der Waals surface area contributed by atoms with Crippen LogP contribution in [0.5, 0.6) is 0 Å². The van der Waals surface area contributed by atoms with Gasteiger partial charge in [-0.15, -0.1) is 10.2 Å². The van der Waals surface area contributed by atoms with Crippen molar-refractivity contribution < 1.29 is 0 Å². The van der Waals surface area contributed by atoms with Gasteiger partial charge < -0.3 is 5.32 Å². The molecule has 1 fully saturated rings. The molecule has 0 bridgehead atoms. The summed E-state index contributed by atoms with van der Waals surface area (Å²) in [7, 11) is 0. The standard InChI is InChI=1S/C14H16ClN3/c1-2-5-9-8-12(9)16-14-11-7-4-3-6-10(11)13(15)17-18-14/h3-4,6-7,9,12H,2,5,8H2,1H3,(H,16,18). The molecule has 18 heavy (non-hydrogen) atoms. The smallest absolute Gasteiger partial charge is 0.159 e. The number of benzene rings is 1. The van der Waals surface area contributed by atoms with Crippen molar-refractivity contribution in [3.63, 3.8) is 0 Å². The Balaban J connectivity index is 1.87. The number of fused-ring (bicyclic) bond motifs is 1. The number of hydrogen-bond acceptors (Lipinski definition) is 3. The lowest BCUT2D eigenvalue weighted by Crippen LogP contribution is -2.07. The third-order valence-electron chi connectivity index (χ3n) is 3.55. The van der Waals surface area contributed by atoms with Gasteiger partial charge in [0.2, 0.25) is 0 Å². The molecule has 0 amide bonds. The average Bonchev–Trinajstić information content (AvgIpc) is 3.12. The highest BCUT2D eigenvalue weighted by molar-refractivity contribution is 6.34. The van der Waals surface area contributed by atoms with E-state index in [0.29, 0.717) is 11.2 Å². The zero-order valence-corrected chi connectivity index (χ0v) is 11.1. The number of nitrogens with zero attached hydrogens (tertiary/aromatic N) is 2. The second-order valence-corrected chi connectivity index (χ2v) is 5.28. The topological polar surface area (TPSA) is 37.8 Å². The Morgan fingerprint density at radius 1 is 1.28 bits per heavy atom. The minimum atomic E-state index is 0.469. The van der Waals surface area contributed by atoms with Crippen LogP contribution in [0.4, 0.5) is 5.82 Å². The van der Waals surface area contributed by atoms with Crippen LogP contribution in [-0.4, -0.2) is 16.2 Å². The molecule has 1 aliphatic rings. The fourth-order valence-corrected chi connectivity index (χ4v) is 2.67. The predicted molar refractivity (Wildman–Crippen MR) is 75.0 cm³/mol. The number of rotatable bonds is 4. The van der Waals surface area contributed by atoms with Gasteiger partial charge >= 0.3 is 0 Å². The molecule has 94 valence electrons. The summed E-state index contributed by atoms with van der Waals surface area (Å²) in [6.07, 6.45) is 3.78. The number of hydrogen-bond donors (Lipinski definition) is 1. The molecule has 0 aliphatic heterocycles. The van der Waals surface area contributed by atoms with E-state index in [1.54, 1.807) is 0 Å². The minimum Gasteiger partial charge on any atom is -0.365 e. The Bertz CT molecular complexity index is 570. The molecule has 1 N–H and O–H groups in total. The monoisotopic (exact) mass is 261 g/mol. The molecule has 2 unspecified atom stereocenters. The molecule has 1 aromatic carbocycles.